The van der Waals surface area contributed by atoms with Gasteiger partial charge in [-0.1, -0.05) is 6.07 Å². The first kappa shape index (κ1) is 12.4. The summed E-state index contributed by atoms with van der Waals surface area (Å²) in [6.07, 6.45) is 0. The van der Waals surface area contributed by atoms with E-state index in [-0.39, 0.29) is 18.3 Å². The number of likely N-dealkylation sites (N-methyl/N-ethyl adjacent to an activating group) is 1. The van der Waals surface area contributed by atoms with Crippen LogP contribution in [0, 0.1) is 0 Å². The lowest BCUT2D eigenvalue weighted by atomic mass is 10.4. The van der Waals surface area contributed by atoms with Gasteiger partial charge in [0.25, 0.3) is 0 Å². The largest absolute Gasteiger partial charge is 0.350 e. The summed E-state index contributed by atoms with van der Waals surface area (Å²) in [5.74, 6) is 0.0332. The van der Waals surface area contributed by atoms with E-state index >= 15 is 0 Å². The third-order valence-corrected chi connectivity index (χ3v) is 2.25. The number of carbonyl (C=O) groups is 1. The Morgan fingerprint density at radius 2 is 2.38 bits per heavy atom. The van der Waals surface area contributed by atoms with Crippen LogP contribution in [-0.4, -0.2) is 19.5 Å². The van der Waals surface area contributed by atoms with Crippen LogP contribution >= 0.6 is 23.7 Å². The highest BCUT2D eigenvalue weighted by Gasteiger charge is 1.98. The zero-order chi connectivity index (χ0) is 8.81. The van der Waals surface area contributed by atoms with Gasteiger partial charge in [-0.25, -0.2) is 0 Å². The van der Waals surface area contributed by atoms with Gasteiger partial charge in [-0.2, -0.15) is 0 Å². The van der Waals surface area contributed by atoms with E-state index in [1.807, 2.05) is 17.5 Å². The van der Waals surface area contributed by atoms with Crippen LogP contribution in [0.1, 0.15) is 4.88 Å². The first-order chi connectivity index (χ1) is 5.83. The lowest BCUT2D eigenvalue weighted by molar-refractivity contribution is -0.120. The van der Waals surface area contributed by atoms with E-state index < -0.39 is 0 Å². The van der Waals surface area contributed by atoms with Crippen LogP contribution in [0.5, 0.6) is 0 Å². The Morgan fingerprint density at radius 3 is 2.92 bits per heavy atom. The molecule has 1 amide bonds. The molecule has 13 heavy (non-hydrogen) atoms. The molecule has 1 rings (SSSR count). The summed E-state index contributed by atoms with van der Waals surface area (Å²) in [6, 6.07) is 3.98. The molecule has 5 heteroatoms. The fourth-order valence-electron chi connectivity index (χ4n) is 0.822. The molecule has 0 aromatic carbocycles. The Kier molecular flexibility index (Phi) is 6.58. The van der Waals surface area contributed by atoms with Gasteiger partial charge in [-0.05, 0) is 18.5 Å². The third-order valence-electron chi connectivity index (χ3n) is 1.38. The molecule has 0 aliphatic rings. The summed E-state index contributed by atoms with van der Waals surface area (Å²) >= 11 is 1.65. The van der Waals surface area contributed by atoms with Crippen LogP contribution in [-0.2, 0) is 11.3 Å². The van der Waals surface area contributed by atoms with E-state index in [1.165, 1.54) is 4.88 Å². The molecule has 0 aliphatic heterocycles. The number of halogens is 1. The minimum atomic E-state index is 0. The van der Waals surface area contributed by atoms with Gasteiger partial charge in [0.2, 0.25) is 5.91 Å². The van der Waals surface area contributed by atoms with Gasteiger partial charge >= 0.3 is 0 Å². The smallest absolute Gasteiger partial charge is 0.234 e. The van der Waals surface area contributed by atoms with E-state index in [4.69, 9.17) is 0 Å². The third kappa shape index (κ3) is 4.87. The number of hydrogen-bond donors (Lipinski definition) is 2. The van der Waals surface area contributed by atoms with Crippen molar-refractivity contribution in [2.75, 3.05) is 13.6 Å². The Morgan fingerprint density at radius 1 is 1.62 bits per heavy atom. The highest BCUT2D eigenvalue weighted by molar-refractivity contribution is 7.09. The molecule has 0 saturated heterocycles. The van der Waals surface area contributed by atoms with Crippen molar-refractivity contribution in [1.82, 2.24) is 10.6 Å². The Labute approximate surface area is 87.9 Å². The van der Waals surface area contributed by atoms with Crippen molar-refractivity contribution in [3.05, 3.63) is 22.4 Å². The summed E-state index contributed by atoms with van der Waals surface area (Å²) in [4.78, 5) is 12.1. The zero-order valence-electron chi connectivity index (χ0n) is 7.37. The minimum absolute atomic E-state index is 0. The second kappa shape index (κ2) is 6.88. The SMILES string of the molecule is CNCC(=O)NCc1cccs1.Cl. The lowest BCUT2D eigenvalue weighted by Gasteiger charge is -2.01. The normalized spacial score (nSPS) is 9.00. The topological polar surface area (TPSA) is 41.1 Å². The van der Waals surface area contributed by atoms with E-state index in [1.54, 1.807) is 18.4 Å². The number of nitrogens with one attached hydrogen (secondary N) is 2. The summed E-state index contributed by atoms with van der Waals surface area (Å²) in [5.41, 5.74) is 0. The van der Waals surface area contributed by atoms with Crippen LogP contribution < -0.4 is 10.6 Å². The first-order valence-electron chi connectivity index (χ1n) is 3.76. The van der Waals surface area contributed by atoms with Crippen molar-refractivity contribution < 1.29 is 4.79 Å². The number of carbonyl (C=O) groups excluding carboxylic acids is 1. The quantitative estimate of drug-likeness (QED) is 0.795. The van der Waals surface area contributed by atoms with Crippen molar-refractivity contribution in [2.24, 2.45) is 0 Å². The minimum Gasteiger partial charge on any atom is -0.350 e. The molecule has 0 unspecified atom stereocenters. The predicted octanol–water partition coefficient (Wildman–Crippen LogP) is 1.01. The van der Waals surface area contributed by atoms with Crippen molar-refractivity contribution in [2.45, 2.75) is 6.54 Å². The highest BCUT2D eigenvalue weighted by atomic mass is 35.5. The molecule has 74 valence electrons. The summed E-state index contributed by atoms with van der Waals surface area (Å²) in [5, 5.41) is 7.58. The van der Waals surface area contributed by atoms with E-state index in [0.717, 1.165) is 0 Å². The van der Waals surface area contributed by atoms with Crippen molar-refractivity contribution in [3.8, 4) is 0 Å². The molecule has 3 nitrogen and oxygen atoms in total. The maximum absolute atomic E-state index is 11.0. The monoisotopic (exact) mass is 220 g/mol. The highest BCUT2D eigenvalue weighted by Crippen LogP contribution is 2.06. The van der Waals surface area contributed by atoms with Gasteiger partial charge < -0.3 is 10.6 Å². The van der Waals surface area contributed by atoms with Crippen LogP contribution in [0.15, 0.2) is 17.5 Å². The molecule has 1 heterocycles. The second-order valence-corrected chi connectivity index (χ2v) is 3.42. The molecule has 0 radical (unpaired) electrons. The fraction of sp³-hybridized carbons (Fsp3) is 0.375. The molecule has 0 fully saturated rings. The van der Waals surface area contributed by atoms with Crippen LogP contribution in [0.2, 0.25) is 0 Å². The molecule has 2 N–H and O–H groups in total. The second-order valence-electron chi connectivity index (χ2n) is 2.39. The lowest BCUT2D eigenvalue weighted by Crippen LogP contribution is -2.31. The number of hydrogen-bond acceptors (Lipinski definition) is 3. The summed E-state index contributed by atoms with van der Waals surface area (Å²) in [6.45, 7) is 1.02. The van der Waals surface area contributed by atoms with Crippen molar-refractivity contribution in [1.29, 1.82) is 0 Å². The van der Waals surface area contributed by atoms with Gasteiger partial charge in [0.15, 0.2) is 0 Å². The van der Waals surface area contributed by atoms with Gasteiger partial charge in [-0.15, -0.1) is 23.7 Å². The average Bonchev–Trinajstić information content (AvgIpc) is 2.53. The van der Waals surface area contributed by atoms with Gasteiger partial charge in [0.1, 0.15) is 0 Å². The summed E-state index contributed by atoms with van der Waals surface area (Å²) < 4.78 is 0. The molecular weight excluding hydrogens is 208 g/mol. The molecule has 0 spiro atoms. The van der Waals surface area contributed by atoms with Gasteiger partial charge in [-0.3, -0.25) is 4.79 Å². The van der Waals surface area contributed by atoms with Crippen LogP contribution in [0.4, 0.5) is 0 Å². The molecule has 1 aromatic heterocycles. The standard InChI is InChI=1S/C8H12N2OS.ClH/c1-9-6-8(11)10-5-7-3-2-4-12-7;/h2-4,9H,5-6H2,1H3,(H,10,11);1H. The van der Waals surface area contributed by atoms with Crippen LogP contribution in [0.25, 0.3) is 0 Å². The Hall–Kier alpha value is -0.580. The van der Waals surface area contributed by atoms with E-state index in [9.17, 15) is 4.79 Å². The van der Waals surface area contributed by atoms with Gasteiger partial charge in [0.05, 0.1) is 13.1 Å². The van der Waals surface area contributed by atoms with E-state index in [2.05, 4.69) is 10.6 Å². The van der Waals surface area contributed by atoms with Gasteiger partial charge in [0, 0.05) is 4.88 Å². The number of rotatable bonds is 4. The van der Waals surface area contributed by atoms with Crippen molar-refractivity contribution in [3.63, 3.8) is 0 Å². The fourth-order valence-corrected chi connectivity index (χ4v) is 1.47. The molecule has 1 aromatic rings. The number of amides is 1. The maximum atomic E-state index is 11.0. The number of thiophene rings is 1. The molecule has 0 saturated carbocycles. The maximum Gasteiger partial charge on any atom is 0.234 e. The predicted molar refractivity (Wildman–Crippen MR) is 57.3 cm³/mol. The Balaban J connectivity index is 0.00000144. The molecular formula is C8H13ClN2OS. The average molecular weight is 221 g/mol. The van der Waals surface area contributed by atoms with E-state index in [0.29, 0.717) is 13.1 Å². The van der Waals surface area contributed by atoms with Crippen LogP contribution in [0.3, 0.4) is 0 Å². The van der Waals surface area contributed by atoms with Crippen molar-refractivity contribution >= 4 is 29.7 Å². The molecule has 0 atom stereocenters. The Bertz CT molecular complexity index is 238. The zero-order valence-corrected chi connectivity index (χ0v) is 9.00. The molecule has 0 bridgehead atoms. The summed E-state index contributed by atoms with van der Waals surface area (Å²) in [7, 11) is 1.75. The molecule has 0 aliphatic carbocycles. The first-order valence-corrected chi connectivity index (χ1v) is 4.64.